The lowest BCUT2D eigenvalue weighted by molar-refractivity contribution is -0.272. The highest BCUT2D eigenvalue weighted by Gasteiger charge is 2.61. The zero-order valence-corrected chi connectivity index (χ0v) is 9.85. The summed E-state index contributed by atoms with van der Waals surface area (Å²) in [5.41, 5.74) is 5.72. The van der Waals surface area contributed by atoms with E-state index in [-0.39, 0.29) is 12.2 Å². The molecule has 0 aromatic heterocycles. The van der Waals surface area contributed by atoms with Crippen LogP contribution < -0.4 is 11.1 Å². The molecule has 3 nitrogen and oxygen atoms in total. The molecule has 20 heavy (non-hydrogen) atoms. The largest absolute Gasteiger partial charge is 0.409 e. The molecule has 0 aliphatic heterocycles. The van der Waals surface area contributed by atoms with Gasteiger partial charge in [0, 0.05) is 12.2 Å². The van der Waals surface area contributed by atoms with E-state index in [1.165, 1.54) is 24.3 Å². The first-order valence-electron chi connectivity index (χ1n) is 5.29. The maximum atomic E-state index is 12.3. The van der Waals surface area contributed by atoms with E-state index in [9.17, 15) is 31.1 Å². The Morgan fingerprint density at radius 1 is 1.05 bits per heavy atom. The molecule has 9 heteroatoms. The lowest BCUT2D eigenvalue weighted by Crippen LogP contribution is -2.45. The summed E-state index contributed by atoms with van der Waals surface area (Å²) in [7, 11) is 0. The molecule has 0 spiro atoms. The number of hydrogen-bond donors (Lipinski definition) is 2. The Balaban J connectivity index is 2.91. The Hall–Kier alpha value is -1.77. The molecule has 112 valence electrons. The van der Waals surface area contributed by atoms with Crippen LogP contribution in [0.4, 0.5) is 32.0 Å². The van der Waals surface area contributed by atoms with E-state index >= 15 is 0 Å². The van der Waals surface area contributed by atoms with Gasteiger partial charge in [0.15, 0.2) is 0 Å². The second kappa shape index (κ2) is 5.70. The summed E-state index contributed by atoms with van der Waals surface area (Å²) < 4.78 is 73.7. The molecule has 0 atom stereocenters. The third kappa shape index (κ3) is 4.12. The highest BCUT2D eigenvalue weighted by Crippen LogP contribution is 2.39. The van der Waals surface area contributed by atoms with Crippen molar-refractivity contribution < 1.29 is 31.1 Å². The fourth-order valence-corrected chi connectivity index (χ4v) is 1.42. The Kier molecular flexibility index (Phi) is 4.64. The molecule has 0 saturated carbocycles. The summed E-state index contributed by atoms with van der Waals surface area (Å²) in [6.07, 6.45) is -11.4. The molecule has 1 amide bonds. The predicted molar refractivity (Wildman–Crippen MR) is 58.6 cm³/mol. The van der Waals surface area contributed by atoms with Crippen LogP contribution in [0.2, 0.25) is 0 Å². The summed E-state index contributed by atoms with van der Waals surface area (Å²) in [6.45, 7) is 0.155. The molecule has 0 radical (unpaired) electrons. The van der Waals surface area contributed by atoms with Crippen LogP contribution in [-0.2, 0) is 11.3 Å². The van der Waals surface area contributed by atoms with Crippen LogP contribution in [-0.4, -0.2) is 18.3 Å². The van der Waals surface area contributed by atoms with Crippen molar-refractivity contribution in [2.75, 3.05) is 5.32 Å². The van der Waals surface area contributed by atoms with Gasteiger partial charge in [0.05, 0.1) is 0 Å². The van der Waals surface area contributed by atoms with Crippen molar-refractivity contribution in [3.63, 3.8) is 0 Å². The average molecular weight is 300 g/mol. The fourth-order valence-electron chi connectivity index (χ4n) is 1.42. The van der Waals surface area contributed by atoms with E-state index in [0.717, 1.165) is 0 Å². The van der Waals surface area contributed by atoms with Crippen molar-refractivity contribution in [2.45, 2.75) is 18.9 Å². The van der Waals surface area contributed by atoms with Crippen LogP contribution in [0.15, 0.2) is 24.3 Å². The molecule has 0 heterocycles. The minimum atomic E-state index is -5.71. The van der Waals surface area contributed by atoms with Crippen LogP contribution in [0.1, 0.15) is 5.56 Å². The molecule has 0 aliphatic carbocycles. The number of nitrogens with two attached hydrogens (primary N) is 1. The Morgan fingerprint density at radius 2 is 1.50 bits per heavy atom. The molecule has 3 N–H and O–H groups in total. The van der Waals surface area contributed by atoms with E-state index < -0.39 is 24.2 Å². The van der Waals surface area contributed by atoms with Gasteiger partial charge in [0.25, 0.3) is 0 Å². The molecule has 1 rings (SSSR count). The molecule has 1 aromatic carbocycles. The topological polar surface area (TPSA) is 55.1 Å². The van der Waals surface area contributed by atoms with Crippen molar-refractivity contribution >= 4 is 11.6 Å². The van der Waals surface area contributed by atoms with Crippen LogP contribution in [0, 0.1) is 5.92 Å². The molecule has 0 fully saturated rings. The minimum absolute atomic E-state index is 0.155. The Morgan fingerprint density at radius 3 is 1.85 bits per heavy atom. The molecule has 0 unspecified atom stereocenters. The number of anilines is 1. The van der Waals surface area contributed by atoms with Crippen molar-refractivity contribution in [3.05, 3.63) is 29.8 Å². The number of benzene rings is 1. The number of carbonyl (C=O) groups is 1. The quantitative estimate of drug-likeness (QED) is 0.843. The maximum Gasteiger partial charge on any atom is 0.409 e. The lowest BCUT2D eigenvalue weighted by Gasteiger charge is -2.22. The van der Waals surface area contributed by atoms with Crippen molar-refractivity contribution in [2.24, 2.45) is 11.7 Å². The zero-order valence-electron chi connectivity index (χ0n) is 9.85. The van der Waals surface area contributed by atoms with Crippen LogP contribution in [0.3, 0.4) is 0 Å². The van der Waals surface area contributed by atoms with Gasteiger partial charge in [-0.15, -0.1) is 0 Å². The zero-order chi connectivity index (χ0) is 15.6. The smallest absolute Gasteiger partial charge is 0.326 e. The maximum absolute atomic E-state index is 12.3. The van der Waals surface area contributed by atoms with Crippen molar-refractivity contribution in [3.8, 4) is 0 Å². The van der Waals surface area contributed by atoms with Gasteiger partial charge < -0.3 is 11.1 Å². The second-order valence-corrected chi connectivity index (χ2v) is 3.91. The third-order valence-electron chi connectivity index (χ3n) is 2.37. The van der Waals surface area contributed by atoms with Gasteiger partial charge in [-0.1, -0.05) is 12.1 Å². The van der Waals surface area contributed by atoms with E-state index in [4.69, 9.17) is 5.73 Å². The number of alkyl halides is 6. The van der Waals surface area contributed by atoms with Crippen LogP contribution in [0.5, 0.6) is 0 Å². The SMILES string of the molecule is NCc1ccc(NC(=O)C(C(F)(F)F)C(F)(F)F)cc1. The molecule has 1 aromatic rings. The van der Waals surface area contributed by atoms with Crippen LogP contribution in [0.25, 0.3) is 0 Å². The molecule has 0 aliphatic rings. The second-order valence-electron chi connectivity index (χ2n) is 3.91. The van der Waals surface area contributed by atoms with E-state index in [1.807, 2.05) is 0 Å². The summed E-state index contributed by atoms with van der Waals surface area (Å²) in [4.78, 5) is 11.2. The summed E-state index contributed by atoms with van der Waals surface area (Å²) in [6, 6.07) is 5.10. The summed E-state index contributed by atoms with van der Waals surface area (Å²) >= 11 is 0. The summed E-state index contributed by atoms with van der Waals surface area (Å²) in [5, 5.41) is 1.59. The van der Waals surface area contributed by atoms with Gasteiger partial charge >= 0.3 is 12.4 Å². The average Bonchev–Trinajstić information content (AvgIpc) is 2.25. The normalized spacial score (nSPS) is 12.6. The highest BCUT2D eigenvalue weighted by atomic mass is 19.4. The van der Waals surface area contributed by atoms with E-state index in [2.05, 4.69) is 0 Å². The first-order valence-corrected chi connectivity index (χ1v) is 5.29. The summed E-state index contributed by atoms with van der Waals surface area (Å²) in [5.74, 6) is -6.24. The van der Waals surface area contributed by atoms with Gasteiger partial charge in [-0.05, 0) is 17.7 Å². The number of halogens is 6. The Bertz CT molecular complexity index is 451. The van der Waals surface area contributed by atoms with E-state index in [0.29, 0.717) is 5.56 Å². The number of nitrogens with one attached hydrogen (secondary N) is 1. The van der Waals surface area contributed by atoms with Gasteiger partial charge in [-0.2, -0.15) is 26.3 Å². The predicted octanol–water partition coefficient (Wildman–Crippen LogP) is 2.82. The van der Waals surface area contributed by atoms with Gasteiger partial charge in [0.2, 0.25) is 11.8 Å². The Labute approximate surface area is 109 Å². The molecule has 0 bridgehead atoms. The monoisotopic (exact) mass is 300 g/mol. The highest BCUT2D eigenvalue weighted by molar-refractivity contribution is 5.93. The first kappa shape index (κ1) is 16.3. The van der Waals surface area contributed by atoms with Crippen molar-refractivity contribution in [1.29, 1.82) is 0 Å². The van der Waals surface area contributed by atoms with Crippen molar-refractivity contribution in [1.82, 2.24) is 0 Å². The van der Waals surface area contributed by atoms with Gasteiger partial charge in [0.1, 0.15) is 0 Å². The third-order valence-corrected chi connectivity index (χ3v) is 2.37. The standard InChI is InChI=1S/C11H10F6N2O/c12-10(13,14)8(11(15,16)17)9(20)19-7-3-1-6(5-18)2-4-7/h1-4,8H,5,18H2,(H,19,20). The van der Waals surface area contributed by atoms with Gasteiger partial charge in [-0.25, -0.2) is 0 Å². The molecular formula is C11H10F6N2O. The lowest BCUT2D eigenvalue weighted by atomic mass is 10.1. The number of rotatable bonds is 3. The van der Waals surface area contributed by atoms with Crippen LogP contribution >= 0.6 is 0 Å². The number of carbonyl (C=O) groups excluding carboxylic acids is 1. The minimum Gasteiger partial charge on any atom is -0.326 e. The molecule has 0 saturated heterocycles. The fraction of sp³-hybridized carbons (Fsp3) is 0.364. The molecular weight excluding hydrogens is 290 g/mol. The van der Waals surface area contributed by atoms with E-state index in [1.54, 1.807) is 5.32 Å². The number of amides is 1. The first-order chi connectivity index (χ1) is 9.05. The van der Waals surface area contributed by atoms with Gasteiger partial charge in [-0.3, -0.25) is 4.79 Å². The number of hydrogen-bond acceptors (Lipinski definition) is 2.